The van der Waals surface area contributed by atoms with Gasteiger partial charge in [-0.3, -0.25) is 14.3 Å². The topological polar surface area (TPSA) is 134 Å². The number of aliphatic hydroxyl groups is 3. The first-order valence-electron chi connectivity index (χ1n) is 6.04. The van der Waals surface area contributed by atoms with Gasteiger partial charge in [0.25, 0.3) is 11.3 Å². The van der Waals surface area contributed by atoms with E-state index < -0.39 is 41.2 Å². The van der Waals surface area contributed by atoms with Crippen LogP contribution in [0.15, 0.2) is 28.1 Å². The highest BCUT2D eigenvalue weighted by molar-refractivity contribution is 5.11. The first-order chi connectivity index (χ1) is 9.74. The van der Waals surface area contributed by atoms with Gasteiger partial charge in [-0.25, -0.2) is 4.79 Å². The highest BCUT2D eigenvalue weighted by atomic mass is 16.7. The average molecular weight is 300 g/mol. The molecular formula is C12H16N2O7. The SMILES string of the molecule is C=C(O)[C@@]1(OC)O[C@@H](n2cc(C)c(=O)[nH]c2=O)[C@H](O)[C@@H]1O. The van der Waals surface area contributed by atoms with Crippen molar-refractivity contribution in [3.8, 4) is 0 Å². The molecule has 2 heterocycles. The summed E-state index contributed by atoms with van der Waals surface area (Å²) in [5, 5.41) is 29.6. The first kappa shape index (κ1) is 15.4. The third-order valence-electron chi connectivity index (χ3n) is 3.43. The van der Waals surface area contributed by atoms with E-state index in [1.807, 2.05) is 4.98 Å². The summed E-state index contributed by atoms with van der Waals surface area (Å²) in [6, 6.07) is 0. The number of hydrogen-bond acceptors (Lipinski definition) is 7. The molecule has 21 heavy (non-hydrogen) atoms. The molecule has 9 nitrogen and oxygen atoms in total. The summed E-state index contributed by atoms with van der Waals surface area (Å²) in [7, 11) is 1.14. The minimum atomic E-state index is -2.06. The molecule has 4 N–H and O–H groups in total. The summed E-state index contributed by atoms with van der Waals surface area (Å²) in [6.45, 7) is 4.70. The fourth-order valence-electron chi connectivity index (χ4n) is 2.22. The lowest BCUT2D eigenvalue weighted by Gasteiger charge is -2.28. The number of methoxy groups -OCH3 is 1. The van der Waals surface area contributed by atoms with Crippen molar-refractivity contribution in [3.05, 3.63) is 44.9 Å². The van der Waals surface area contributed by atoms with Crippen LogP contribution in [0.5, 0.6) is 0 Å². The van der Waals surface area contributed by atoms with Crippen molar-refractivity contribution in [2.24, 2.45) is 0 Å². The van der Waals surface area contributed by atoms with Crippen LogP contribution in [0.4, 0.5) is 0 Å². The van der Waals surface area contributed by atoms with Gasteiger partial charge in [0.05, 0.1) is 0 Å². The Morgan fingerprint density at radius 3 is 2.62 bits per heavy atom. The van der Waals surface area contributed by atoms with Gasteiger partial charge in [0.15, 0.2) is 6.23 Å². The molecule has 1 fully saturated rings. The first-order valence-corrected chi connectivity index (χ1v) is 6.04. The fourth-order valence-corrected chi connectivity index (χ4v) is 2.22. The molecule has 0 amide bonds. The van der Waals surface area contributed by atoms with Gasteiger partial charge in [0.1, 0.15) is 18.0 Å². The van der Waals surface area contributed by atoms with Crippen molar-refractivity contribution in [3.63, 3.8) is 0 Å². The zero-order valence-electron chi connectivity index (χ0n) is 11.4. The maximum absolute atomic E-state index is 11.8. The average Bonchev–Trinajstić information content (AvgIpc) is 2.68. The van der Waals surface area contributed by atoms with E-state index in [0.717, 1.165) is 11.7 Å². The van der Waals surface area contributed by atoms with Gasteiger partial charge >= 0.3 is 5.69 Å². The second kappa shape index (κ2) is 5.11. The molecule has 1 aromatic heterocycles. The minimum absolute atomic E-state index is 0.206. The van der Waals surface area contributed by atoms with Crippen LogP contribution in [0.2, 0.25) is 0 Å². The summed E-state index contributed by atoms with van der Waals surface area (Å²) >= 11 is 0. The largest absolute Gasteiger partial charge is 0.507 e. The maximum Gasteiger partial charge on any atom is 0.330 e. The molecule has 1 saturated heterocycles. The van der Waals surface area contributed by atoms with Gasteiger partial charge in [-0.05, 0) is 6.92 Å². The van der Waals surface area contributed by atoms with Gasteiger partial charge in [0.2, 0.25) is 0 Å². The van der Waals surface area contributed by atoms with Crippen molar-refractivity contribution in [1.29, 1.82) is 0 Å². The second-order valence-corrected chi connectivity index (χ2v) is 4.74. The summed E-state index contributed by atoms with van der Waals surface area (Å²) < 4.78 is 11.1. The lowest BCUT2D eigenvalue weighted by Crippen LogP contribution is -2.46. The number of H-pyrrole nitrogens is 1. The lowest BCUT2D eigenvalue weighted by atomic mass is 10.1. The van der Waals surface area contributed by atoms with Gasteiger partial charge in [-0.2, -0.15) is 0 Å². The molecule has 1 aliphatic rings. The highest BCUT2D eigenvalue weighted by Gasteiger charge is 2.58. The van der Waals surface area contributed by atoms with Gasteiger partial charge in [-0.1, -0.05) is 6.58 Å². The number of aliphatic hydroxyl groups excluding tert-OH is 3. The molecule has 0 spiro atoms. The Morgan fingerprint density at radius 1 is 1.52 bits per heavy atom. The summed E-state index contributed by atoms with van der Waals surface area (Å²) in [6.07, 6.45) is -3.46. The lowest BCUT2D eigenvalue weighted by molar-refractivity contribution is -0.244. The molecule has 116 valence electrons. The molecule has 0 unspecified atom stereocenters. The number of hydrogen-bond donors (Lipinski definition) is 4. The Morgan fingerprint density at radius 2 is 2.14 bits per heavy atom. The normalized spacial score (nSPS) is 32.3. The van der Waals surface area contributed by atoms with E-state index in [-0.39, 0.29) is 5.56 Å². The number of nitrogens with zero attached hydrogens (tertiary/aromatic N) is 1. The standard InChI is InChI=1S/C12H16N2O7/c1-5-4-14(11(19)13-9(5)18)10-7(16)8(17)12(20-3,21-10)6(2)15/h4,7-8,10,15-17H,2H2,1,3H3,(H,13,18,19)/t7-,8+,10-,12-/m1/s1. The van der Waals surface area contributed by atoms with Crippen LogP contribution in [-0.4, -0.2) is 50.0 Å². The molecule has 0 saturated carbocycles. The predicted octanol–water partition coefficient (Wildman–Crippen LogP) is -1.49. The Kier molecular flexibility index (Phi) is 3.76. The monoisotopic (exact) mass is 300 g/mol. The van der Waals surface area contributed by atoms with Crippen LogP contribution in [0.1, 0.15) is 11.8 Å². The maximum atomic E-state index is 11.8. The van der Waals surface area contributed by atoms with E-state index in [0.29, 0.717) is 0 Å². The van der Waals surface area contributed by atoms with Crippen molar-refractivity contribution < 1.29 is 24.8 Å². The number of aromatic amines is 1. The van der Waals surface area contributed by atoms with Crippen molar-refractivity contribution in [2.75, 3.05) is 7.11 Å². The summed E-state index contributed by atoms with van der Waals surface area (Å²) in [5.41, 5.74) is -1.20. The zero-order chi connectivity index (χ0) is 15.9. The Balaban J connectivity index is 2.52. The number of aryl methyl sites for hydroxylation is 1. The van der Waals surface area contributed by atoms with Crippen LogP contribution in [0.25, 0.3) is 0 Å². The quantitative estimate of drug-likeness (QED) is 0.500. The van der Waals surface area contributed by atoms with Gasteiger partial charge in [-0.15, -0.1) is 0 Å². The molecular weight excluding hydrogens is 284 g/mol. The molecule has 1 aromatic rings. The van der Waals surface area contributed by atoms with E-state index in [2.05, 4.69) is 6.58 Å². The molecule has 9 heteroatoms. The van der Waals surface area contributed by atoms with E-state index in [9.17, 15) is 24.9 Å². The van der Waals surface area contributed by atoms with Crippen LogP contribution in [0.3, 0.4) is 0 Å². The van der Waals surface area contributed by atoms with E-state index in [4.69, 9.17) is 9.47 Å². The van der Waals surface area contributed by atoms with E-state index >= 15 is 0 Å². The Hall–Kier alpha value is -1.94. The van der Waals surface area contributed by atoms with Crippen molar-refractivity contribution >= 4 is 0 Å². The third kappa shape index (κ3) is 2.20. The highest BCUT2D eigenvalue weighted by Crippen LogP contribution is 2.40. The van der Waals surface area contributed by atoms with Crippen LogP contribution in [0, 0.1) is 6.92 Å². The summed E-state index contributed by atoms with van der Waals surface area (Å²) in [4.78, 5) is 25.2. The summed E-state index contributed by atoms with van der Waals surface area (Å²) in [5.74, 6) is -2.72. The number of nitrogens with one attached hydrogen (secondary N) is 1. The van der Waals surface area contributed by atoms with Crippen LogP contribution >= 0.6 is 0 Å². The van der Waals surface area contributed by atoms with Crippen molar-refractivity contribution in [1.82, 2.24) is 9.55 Å². The van der Waals surface area contributed by atoms with Gasteiger partial charge < -0.3 is 24.8 Å². The Bertz CT molecular complexity index is 679. The number of rotatable bonds is 3. The van der Waals surface area contributed by atoms with Crippen LogP contribution in [-0.2, 0) is 9.47 Å². The Labute approximate surface area is 118 Å². The molecule has 4 atom stereocenters. The van der Waals surface area contributed by atoms with E-state index in [1.54, 1.807) is 0 Å². The molecule has 0 aliphatic carbocycles. The molecule has 2 rings (SSSR count). The number of ether oxygens (including phenoxy) is 2. The van der Waals surface area contributed by atoms with E-state index in [1.165, 1.54) is 13.1 Å². The predicted molar refractivity (Wildman–Crippen MR) is 69.7 cm³/mol. The molecule has 0 aromatic carbocycles. The zero-order valence-corrected chi connectivity index (χ0v) is 11.4. The molecule has 0 radical (unpaired) electrons. The van der Waals surface area contributed by atoms with Gasteiger partial charge in [0, 0.05) is 18.9 Å². The third-order valence-corrected chi connectivity index (χ3v) is 3.43. The second-order valence-electron chi connectivity index (χ2n) is 4.74. The minimum Gasteiger partial charge on any atom is -0.507 e. The van der Waals surface area contributed by atoms with Crippen LogP contribution < -0.4 is 11.2 Å². The smallest absolute Gasteiger partial charge is 0.330 e. The molecule has 0 bridgehead atoms. The molecule has 1 aliphatic heterocycles. The fraction of sp³-hybridized carbons (Fsp3) is 0.500. The van der Waals surface area contributed by atoms with Crippen molar-refractivity contribution in [2.45, 2.75) is 31.1 Å². The number of aromatic nitrogens is 2.